The van der Waals surface area contributed by atoms with Crippen LogP contribution in [0.15, 0.2) is 42.5 Å². The molecule has 0 amide bonds. The Labute approximate surface area is 206 Å². The molecule has 0 unspecified atom stereocenters. The Morgan fingerprint density at radius 1 is 0.853 bits per heavy atom. The van der Waals surface area contributed by atoms with Crippen LogP contribution >= 0.6 is 0 Å². The quantitative estimate of drug-likeness (QED) is 0.182. The largest absolute Gasteiger partial charge is 0.425 e. The lowest BCUT2D eigenvalue weighted by molar-refractivity contribution is -0.140. The van der Waals surface area contributed by atoms with Crippen LogP contribution in [-0.4, -0.2) is 5.97 Å². The Bertz CT molecular complexity index is 933. The van der Waals surface area contributed by atoms with Crippen LogP contribution in [0.1, 0.15) is 113 Å². The number of carbonyl (C=O) groups is 1. The van der Waals surface area contributed by atoms with Crippen molar-refractivity contribution in [2.45, 2.75) is 103 Å². The van der Waals surface area contributed by atoms with Crippen LogP contribution in [0, 0.1) is 17.2 Å². The number of hydrogen-bond donors (Lipinski definition) is 0. The summed E-state index contributed by atoms with van der Waals surface area (Å²) in [4.78, 5) is 12.8. The second kappa shape index (κ2) is 14.0. The average Bonchev–Trinajstić information content (AvgIpc) is 2.87. The number of nitriles is 1. The third-order valence-electron chi connectivity index (χ3n) is 7.24. The minimum atomic E-state index is -0.188. The van der Waals surface area contributed by atoms with E-state index in [1.807, 2.05) is 12.1 Å². The van der Waals surface area contributed by atoms with Gasteiger partial charge < -0.3 is 4.74 Å². The van der Waals surface area contributed by atoms with E-state index < -0.39 is 0 Å². The Balaban J connectivity index is 1.45. The van der Waals surface area contributed by atoms with E-state index in [0.29, 0.717) is 17.2 Å². The third-order valence-corrected chi connectivity index (χ3v) is 7.24. The van der Waals surface area contributed by atoms with Gasteiger partial charge in [0.25, 0.3) is 0 Å². The predicted octanol–water partition coefficient (Wildman–Crippen LogP) is 8.29. The zero-order valence-electron chi connectivity index (χ0n) is 21.2. The molecule has 3 nitrogen and oxygen atoms in total. The Hall–Kier alpha value is -2.60. The van der Waals surface area contributed by atoms with Crippen LogP contribution in [0.3, 0.4) is 0 Å². The van der Waals surface area contributed by atoms with E-state index in [4.69, 9.17) is 4.74 Å². The van der Waals surface area contributed by atoms with Crippen LogP contribution < -0.4 is 4.74 Å². The fraction of sp³-hybridized carbons (Fsp3) is 0.548. The third kappa shape index (κ3) is 7.73. The molecule has 0 bridgehead atoms. The van der Waals surface area contributed by atoms with Crippen molar-refractivity contribution in [3.63, 3.8) is 0 Å². The fourth-order valence-corrected chi connectivity index (χ4v) is 5.12. The Morgan fingerprint density at radius 2 is 1.53 bits per heavy atom. The van der Waals surface area contributed by atoms with Crippen LogP contribution in [0.2, 0.25) is 0 Å². The first kappa shape index (κ1) is 26.0. The van der Waals surface area contributed by atoms with Gasteiger partial charge in [-0.3, -0.25) is 4.79 Å². The Morgan fingerprint density at radius 3 is 2.21 bits per heavy atom. The van der Waals surface area contributed by atoms with Gasteiger partial charge in [-0.25, -0.2) is 0 Å². The molecule has 1 fully saturated rings. The summed E-state index contributed by atoms with van der Waals surface area (Å²) in [5, 5.41) is 9.46. The topological polar surface area (TPSA) is 50.1 Å². The van der Waals surface area contributed by atoms with Crippen molar-refractivity contribution in [2.75, 3.05) is 0 Å². The summed E-state index contributed by atoms with van der Waals surface area (Å²) in [6.45, 7) is 4.37. The van der Waals surface area contributed by atoms with Gasteiger partial charge >= 0.3 is 5.97 Å². The highest BCUT2D eigenvalue weighted by Crippen LogP contribution is 2.37. The molecule has 0 radical (unpaired) electrons. The molecule has 0 spiro atoms. The van der Waals surface area contributed by atoms with E-state index in [9.17, 15) is 10.1 Å². The molecule has 1 saturated carbocycles. The zero-order valence-corrected chi connectivity index (χ0v) is 21.2. The summed E-state index contributed by atoms with van der Waals surface area (Å²) in [5.74, 6) is 0.656. The minimum absolute atomic E-state index is 0.0786. The summed E-state index contributed by atoms with van der Waals surface area (Å²) in [5.41, 5.74) is 4.40. The molecule has 0 aromatic heterocycles. The number of carbonyl (C=O) groups excluding carboxylic acids is 1. The van der Waals surface area contributed by atoms with Crippen molar-refractivity contribution in [1.82, 2.24) is 0 Å². The number of aryl methyl sites for hydroxylation is 2. The van der Waals surface area contributed by atoms with Gasteiger partial charge in [0, 0.05) is 0 Å². The van der Waals surface area contributed by atoms with Gasteiger partial charge in [-0.1, -0.05) is 82.7 Å². The van der Waals surface area contributed by atoms with Crippen molar-refractivity contribution < 1.29 is 9.53 Å². The van der Waals surface area contributed by atoms with Gasteiger partial charge in [0.2, 0.25) is 0 Å². The van der Waals surface area contributed by atoms with Crippen molar-refractivity contribution in [1.29, 1.82) is 5.26 Å². The maximum absolute atomic E-state index is 12.8. The van der Waals surface area contributed by atoms with Gasteiger partial charge in [0.05, 0.1) is 11.5 Å². The Kier molecular flexibility index (Phi) is 10.7. The van der Waals surface area contributed by atoms with E-state index in [1.165, 1.54) is 56.1 Å². The lowest BCUT2D eigenvalue weighted by atomic mass is 9.78. The molecular weight excluding hydrogens is 418 g/mol. The van der Waals surface area contributed by atoms with Crippen molar-refractivity contribution in [3.05, 3.63) is 64.7 Å². The zero-order chi connectivity index (χ0) is 24.2. The molecule has 0 saturated heterocycles. The summed E-state index contributed by atoms with van der Waals surface area (Å²) in [6.07, 6.45) is 14.9. The molecule has 0 aliphatic heterocycles. The maximum Gasteiger partial charge on any atom is 0.314 e. The molecule has 3 rings (SSSR count). The predicted molar refractivity (Wildman–Crippen MR) is 139 cm³/mol. The average molecular weight is 460 g/mol. The number of nitrogens with zero attached hydrogens (tertiary/aromatic N) is 1. The molecule has 182 valence electrons. The molecule has 1 aliphatic carbocycles. The number of esters is 1. The van der Waals surface area contributed by atoms with Crippen molar-refractivity contribution >= 4 is 5.97 Å². The number of unbranched alkanes of at least 4 members (excludes halogenated alkanes) is 5. The van der Waals surface area contributed by atoms with Gasteiger partial charge in [-0.2, -0.15) is 5.26 Å². The second-order valence-electron chi connectivity index (χ2n) is 9.92. The molecule has 1 aliphatic rings. The van der Waals surface area contributed by atoms with Crippen molar-refractivity contribution in [3.8, 4) is 11.8 Å². The van der Waals surface area contributed by atoms with Gasteiger partial charge in [-0.05, 0) is 79.7 Å². The van der Waals surface area contributed by atoms with E-state index >= 15 is 0 Å². The lowest BCUT2D eigenvalue weighted by Crippen LogP contribution is -2.25. The molecule has 2 aromatic rings. The van der Waals surface area contributed by atoms with Gasteiger partial charge in [0.1, 0.15) is 11.8 Å². The monoisotopic (exact) mass is 459 g/mol. The highest BCUT2D eigenvalue weighted by Gasteiger charge is 2.29. The van der Waals surface area contributed by atoms with Crippen LogP contribution in [0.5, 0.6) is 5.75 Å². The summed E-state index contributed by atoms with van der Waals surface area (Å²) >= 11 is 0. The first-order valence-corrected chi connectivity index (χ1v) is 13.5. The molecule has 0 atom stereocenters. The number of rotatable bonds is 12. The van der Waals surface area contributed by atoms with Gasteiger partial charge in [0.15, 0.2) is 0 Å². The molecule has 0 N–H and O–H groups in total. The minimum Gasteiger partial charge on any atom is -0.425 e. The van der Waals surface area contributed by atoms with Crippen molar-refractivity contribution in [2.24, 2.45) is 5.92 Å². The highest BCUT2D eigenvalue weighted by atomic mass is 16.5. The smallest absolute Gasteiger partial charge is 0.314 e. The summed E-state index contributed by atoms with van der Waals surface area (Å²) in [7, 11) is 0. The van der Waals surface area contributed by atoms with Gasteiger partial charge in [-0.15, -0.1) is 0 Å². The molecule has 0 heterocycles. The molecule has 34 heavy (non-hydrogen) atoms. The number of ether oxygens (including phenoxy) is 1. The maximum atomic E-state index is 12.8. The summed E-state index contributed by atoms with van der Waals surface area (Å²) < 4.78 is 5.67. The molecule has 3 heteroatoms. The highest BCUT2D eigenvalue weighted by molar-refractivity contribution is 5.76. The van der Waals surface area contributed by atoms with Crippen LogP contribution in [-0.2, 0) is 17.6 Å². The van der Waals surface area contributed by atoms with Crippen LogP contribution in [0.4, 0.5) is 0 Å². The number of benzene rings is 2. The molecular formula is C31H41NO2. The molecule has 2 aromatic carbocycles. The SMILES string of the molecule is CCCCCCCCc1ccc(C2CCC(C(=O)Oc3ccc(CCC)cc3C#N)CC2)cc1. The first-order valence-electron chi connectivity index (χ1n) is 13.5. The van der Waals surface area contributed by atoms with E-state index in [2.05, 4.69) is 44.2 Å². The second-order valence-corrected chi connectivity index (χ2v) is 9.92. The standard InChI is InChI=1S/C31H41NO2/c1-3-5-6-7-8-9-11-24-12-15-26(16-13-24)27-17-19-28(20-18-27)31(33)34-30-21-14-25(10-4-2)22-29(30)23-32/h12-16,21-22,27-28H,3-11,17-20H2,1-2H3. The van der Waals surface area contributed by atoms with E-state index in [1.54, 1.807) is 6.07 Å². The van der Waals surface area contributed by atoms with E-state index in [-0.39, 0.29) is 11.9 Å². The fourth-order valence-electron chi connectivity index (χ4n) is 5.12. The van der Waals surface area contributed by atoms with E-state index in [0.717, 1.165) is 44.1 Å². The normalized spacial score (nSPS) is 17.8. The first-order chi connectivity index (χ1) is 16.6. The lowest BCUT2D eigenvalue weighted by Gasteiger charge is -2.27. The summed E-state index contributed by atoms with van der Waals surface area (Å²) in [6, 6.07) is 17.0. The van der Waals surface area contributed by atoms with Crippen LogP contribution in [0.25, 0.3) is 0 Å². The number of hydrogen-bond acceptors (Lipinski definition) is 3.